The van der Waals surface area contributed by atoms with Crippen LogP contribution in [0.2, 0.25) is 5.02 Å². The highest BCUT2D eigenvalue weighted by atomic mass is 35.5. The van der Waals surface area contributed by atoms with Gasteiger partial charge >= 0.3 is 6.03 Å². The van der Waals surface area contributed by atoms with Crippen LogP contribution in [0.15, 0.2) is 71.5 Å². The Morgan fingerprint density at radius 1 is 1.00 bits per heavy atom. The monoisotopic (exact) mass is 489 g/mol. The minimum atomic E-state index is -0.377. The number of carbonyl (C=O) groups is 1. The van der Waals surface area contributed by atoms with Crippen molar-refractivity contribution in [2.45, 2.75) is 26.4 Å². The number of nitrogens with one attached hydrogen (secondary N) is 2. The quantitative estimate of drug-likeness (QED) is 0.363. The van der Waals surface area contributed by atoms with Gasteiger partial charge in [0.1, 0.15) is 0 Å². The SMILES string of the molecule is CCc1ccc2[nH]c(=O)c(CN(Cc3ccc4c(c3)OCO4)C(=O)Nc3ccccc3Cl)cc2c1. The van der Waals surface area contributed by atoms with Gasteiger partial charge in [-0.3, -0.25) is 4.79 Å². The van der Waals surface area contributed by atoms with E-state index in [1.165, 1.54) is 5.56 Å². The lowest BCUT2D eigenvalue weighted by atomic mass is 10.1. The number of carbonyl (C=O) groups excluding carboxylic acids is 1. The third-order valence-corrected chi connectivity index (χ3v) is 6.30. The summed E-state index contributed by atoms with van der Waals surface area (Å²) in [5.74, 6) is 1.29. The van der Waals surface area contributed by atoms with Crippen LogP contribution in [0.25, 0.3) is 10.9 Å². The molecule has 0 unspecified atom stereocenters. The molecule has 2 heterocycles. The molecule has 5 rings (SSSR count). The fraction of sp³-hybridized carbons (Fsp3) is 0.185. The first-order chi connectivity index (χ1) is 17.0. The maximum absolute atomic E-state index is 13.4. The lowest BCUT2D eigenvalue weighted by Crippen LogP contribution is -2.35. The number of anilines is 1. The fourth-order valence-corrected chi connectivity index (χ4v) is 4.24. The molecule has 8 heteroatoms. The summed E-state index contributed by atoms with van der Waals surface area (Å²) in [7, 11) is 0. The molecule has 7 nitrogen and oxygen atoms in total. The number of fused-ring (bicyclic) bond motifs is 2. The molecule has 0 saturated heterocycles. The largest absolute Gasteiger partial charge is 0.454 e. The molecule has 3 aromatic carbocycles. The number of hydrogen-bond acceptors (Lipinski definition) is 4. The van der Waals surface area contributed by atoms with Crippen molar-refractivity contribution in [2.75, 3.05) is 12.1 Å². The van der Waals surface area contributed by atoms with Gasteiger partial charge in [-0.15, -0.1) is 0 Å². The summed E-state index contributed by atoms with van der Waals surface area (Å²) in [5, 5.41) is 4.22. The lowest BCUT2D eigenvalue weighted by molar-refractivity contribution is 0.174. The summed E-state index contributed by atoms with van der Waals surface area (Å²) in [6.07, 6.45) is 0.890. The Bertz CT molecular complexity index is 1470. The second-order valence-corrected chi connectivity index (χ2v) is 8.76. The molecule has 0 saturated carbocycles. The van der Waals surface area contributed by atoms with Gasteiger partial charge in [0.05, 0.1) is 17.3 Å². The van der Waals surface area contributed by atoms with Gasteiger partial charge in [-0.25, -0.2) is 4.79 Å². The second kappa shape index (κ2) is 9.72. The van der Waals surface area contributed by atoms with Crippen LogP contribution < -0.4 is 20.3 Å². The number of amides is 2. The number of benzene rings is 3. The number of H-pyrrole nitrogens is 1. The Hall–Kier alpha value is -3.97. The molecule has 2 N–H and O–H groups in total. The highest BCUT2D eigenvalue weighted by Crippen LogP contribution is 2.33. The number of hydrogen-bond donors (Lipinski definition) is 2. The predicted octanol–water partition coefficient (Wildman–Crippen LogP) is 5.71. The van der Waals surface area contributed by atoms with Crippen molar-refractivity contribution in [1.29, 1.82) is 0 Å². The summed E-state index contributed by atoms with van der Waals surface area (Å²) < 4.78 is 10.9. The van der Waals surface area contributed by atoms with Crippen LogP contribution >= 0.6 is 11.6 Å². The highest BCUT2D eigenvalue weighted by molar-refractivity contribution is 6.33. The van der Waals surface area contributed by atoms with E-state index in [0.29, 0.717) is 27.8 Å². The average Bonchev–Trinajstić information content (AvgIpc) is 3.33. The summed E-state index contributed by atoms with van der Waals surface area (Å²) in [4.78, 5) is 30.8. The molecular weight excluding hydrogens is 466 g/mol. The third-order valence-electron chi connectivity index (χ3n) is 5.97. The van der Waals surface area contributed by atoms with Crippen molar-refractivity contribution in [2.24, 2.45) is 0 Å². The zero-order valence-electron chi connectivity index (χ0n) is 19.1. The van der Waals surface area contributed by atoms with Crippen molar-refractivity contribution in [1.82, 2.24) is 9.88 Å². The minimum Gasteiger partial charge on any atom is -0.454 e. The summed E-state index contributed by atoms with van der Waals surface area (Å²) >= 11 is 6.26. The first kappa shape index (κ1) is 22.8. The molecule has 0 fully saturated rings. The average molecular weight is 490 g/mol. The number of nitrogens with zero attached hydrogens (tertiary/aromatic N) is 1. The van der Waals surface area contributed by atoms with Gasteiger partial charge in [0, 0.05) is 17.6 Å². The molecule has 1 aliphatic heterocycles. The summed E-state index contributed by atoms with van der Waals surface area (Å²) in [6, 6.07) is 20.0. The molecule has 35 heavy (non-hydrogen) atoms. The molecule has 0 atom stereocenters. The van der Waals surface area contributed by atoms with Crippen molar-refractivity contribution in [3.63, 3.8) is 0 Å². The van der Waals surface area contributed by atoms with Gasteiger partial charge in [-0.2, -0.15) is 0 Å². The van der Waals surface area contributed by atoms with Crippen molar-refractivity contribution < 1.29 is 14.3 Å². The van der Waals surface area contributed by atoms with E-state index >= 15 is 0 Å². The number of para-hydroxylation sites is 1. The first-order valence-corrected chi connectivity index (χ1v) is 11.7. The van der Waals surface area contributed by atoms with Crippen LogP contribution in [0.1, 0.15) is 23.6 Å². The minimum absolute atomic E-state index is 0.104. The Balaban J connectivity index is 1.47. The predicted molar refractivity (Wildman–Crippen MR) is 136 cm³/mol. The van der Waals surface area contributed by atoms with Crippen LogP contribution in [-0.2, 0) is 19.5 Å². The topological polar surface area (TPSA) is 83.7 Å². The Labute approximate surface area is 207 Å². The van der Waals surface area contributed by atoms with E-state index in [1.54, 1.807) is 29.2 Å². The summed E-state index contributed by atoms with van der Waals surface area (Å²) in [5.41, 5.74) is 3.52. The van der Waals surface area contributed by atoms with E-state index in [4.69, 9.17) is 21.1 Å². The molecule has 0 spiro atoms. The number of pyridine rings is 1. The fourth-order valence-electron chi connectivity index (χ4n) is 4.06. The second-order valence-electron chi connectivity index (χ2n) is 8.35. The molecule has 1 aliphatic rings. The van der Waals surface area contributed by atoms with Crippen LogP contribution in [0.4, 0.5) is 10.5 Å². The Kier molecular flexibility index (Phi) is 6.33. The van der Waals surface area contributed by atoms with Gasteiger partial charge < -0.3 is 24.7 Å². The van der Waals surface area contributed by atoms with E-state index in [2.05, 4.69) is 23.3 Å². The number of rotatable bonds is 6. The molecule has 0 aliphatic carbocycles. The summed E-state index contributed by atoms with van der Waals surface area (Å²) in [6.45, 7) is 2.60. The zero-order chi connectivity index (χ0) is 24.4. The van der Waals surface area contributed by atoms with Gasteiger partial charge in [-0.1, -0.05) is 42.8 Å². The van der Waals surface area contributed by atoms with Crippen molar-refractivity contribution >= 4 is 34.2 Å². The smallest absolute Gasteiger partial charge is 0.322 e. The normalized spacial score (nSPS) is 12.1. The number of ether oxygens (including phenoxy) is 2. The molecular formula is C27H24ClN3O4. The van der Waals surface area contributed by atoms with Gasteiger partial charge in [0.25, 0.3) is 5.56 Å². The van der Waals surface area contributed by atoms with E-state index in [-0.39, 0.29) is 31.5 Å². The molecule has 0 radical (unpaired) electrons. The van der Waals surface area contributed by atoms with Crippen LogP contribution in [0, 0.1) is 0 Å². The number of aromatic nitrogens is 1. The van der Waals surface area contributed by atoms with E-state index in [9.17, 15) is 9.59 Å². The molecule has 0 bridgehead atoms. The number of halogens is 1. The van der Waals surface area contributed by atoms with Gasteiger partial charge in [0.15, 0.2) is 11.5 Å². The van der Waals surface area contributed by atoms with Crippen molar-refractivity contribution in [3.8, 4) is 11.5 Å². The number of aromatic amines is 1. The van der Waals surface area contributed by atoms with Crippen LogP contribution in [-0.4, -0.2) is 22.7 Å². The molecule has 2 amide bonds. The lowest BCUT2D eigenvalue weighted by Gasteiger charge is -2.24. The molecule has 178 valence electrons. The van der Waals surface area contributed by atoms with E-state index in [0.717, 1.165) is 22.9 Å². The van der Waals surface area contributed by atoms with E-state index in [1.807, 2.05) is 36.4 Å². The molecule has 4 aromatic rings. The van der Waals surface area contributed by atoms with E-state index < -0.39 is 0 Å². The van der Waals surface area contributed by atoms with Crippen molar-refractivity contribution in [3.05, 3.63) is 98.8 Å². The number of aryl methyl sites for hydroxylation is 1. The maximum atomic E-state index is 13.4. The highest BCUT2D eigenvalue weighted by Gasteiger charge is 2.20. The Morgan fingerprint density at radius 3 is 2.63 bits per heavy atom. The third kappa shape index (κ3) is 4.95. The van der Waals surface area contributed by atoms with Crippen LogP contribution in [0.3, 0.4) is 0 Å². The zero-order valence-corrected chi connectivity index (χ0v) is 19.9. The first-order valence-electron chi connectivity index (χ1n) is 11.3. The van der Waals surface area contributed by atoms with Gasteiger partial charge in [0.2, 0.25) is 6.79 Å². The molecule has 1 aromatic heterocycles. The van der Waals surface area contributed by atoms with Gasteiger partial charge in [-0.05, 0) is 65.4 Å². The Morgan fingerprint density at radius 2 is 1.80 bits per heavy atom. The maximum Gasteiger partial charge on any atom is 0.322 e. The standard InChI is InChI=1S/C27H24ClN3O4/c1-2-17-7-9-22-19(11-17)13-20(26(32)29-22)15-31(27(33)30-23-6-4-3-5-21(23)28)14-18-8-10-24-25(12-18)35-16-34-24/h3-13H,2,14-16H2,1H3,(H,29,32)(H,30,33). The number of urea groups is 1. The van der Waals surface area contributed by atoms with Crippen LogP contribution in [0.5, 0.6) is 11.5 Å².